The third-order valence-corrected chi connectivity index (χ3v) is 4.31. The standard InChI is InChI=1S/C16H23NO4/c1-11-5-6-13(14(10-11)20-2)21-9-7-12-4-3-8-16(12,17)15(18)19/h5-6,10,12H,3-4,7-9,17H2,1-2H3,(H,18,19). The van der Waals surface area contributed by atoms with Crippen LogP contribution in [0.15, 0.2) is 18.2 Å². The first-order chi connectivity index (χ1) is 9.97. The smallest absolute Gasteiger partial charge is 0.323 e. The average molecular weight is 293 g/mol. The molecule has 0 aromatic heterocycles. The maximum atomic E-state index is 11.3. The lowest BCUT2D eigenvalue weighted by molar-refractivity contribution is -0.144. The average Bonchev–Trinajstić information content (AvgIpc) is 2.83. The predicted octanol–water partition coefficient (Wildman–Crippen LogP) is 2.35. The van der Waals surface area contributed by atoms with Crippen LogP contribution in [0.1, 0.15) is 31.2 Å². The summed E-state index contributed by atoms with van der Waals surface area (Å²) in [6.45, 7) is 2.43. The number of carboxylic acids is 1. The number of aliphatic carboxylic acids is 1. The van der Waals surface area contributed by atoms with Crippen molar-refractivity contribution in [3.8, 4) is 11.5 Å². The molecule has 21 heavy (non-hydrogen) atoms. The van der Waals surface area contributed by atoms with Gasteiger partial charge in [0.25, 0.3) is 0 Å². The highest BCUT2D eigenvalue weighted by Gasteiger charge is 2.45. The zero-order chi connectivity index (χ0) is 15.5. The molecule has 1 fully saturated rings. The van der Waals surface area contributed by atoms with E-state index in [-0.39, 0.29) is 5.92 Å². The van der Waals surface area contributed by atoms with Gasteiger partial charge in [-0.2, -0.15) is 0 Å². The Kier molecular flexibility index (Phi) is 4.73. The van der Waals surface area contributed by atoms with E-state index < -0.39 is 11.5 Å². The Hall–Kier alpha value is -1.75. The van der Waals surface area contributed by atoms with Gasteiger partial charge in [-0.25, -0.2) is 0 Å². The zero-order valence-corrected chi connectivity index (χ0v) is 12.6. The van der Waals surface area contributed by atoms with Crippen molar-refractivity contribution in [2.75, 3.05) is 13.7 Å². The van der Waals surface area contributed by atoms with E-state index in [1.54, 1.807) is 7.11 Å². The number of nitrogens with two attached hydrogens (primary N) is 1. The topological polar surface area (TPSA) is 81.8 Å². The van der Waals surface area contributed by atoms with Gasteiger partial charge < -0.3 is 20.3 Å². The molecule has 0 bridgehead atoms. The minimum absolute atomic E-state index is 0.0357. The van der Waals surface area contributed by atoms with Crippen molar-refractivity contribution in [2.24, 2.45) is 11.7 Å². The van der Waals surface area contributed by atoms with Crippen molar-refractivity contribution in [3.63, 3.8) is 0 Å². The fourth-order valence-electron chi connectivity index (χ4n) is 2.99. The van der Waals surface area contributed by atoms with Gasteiger partial charge in [0, 0.05) is 0 Å². The van der Waals surface area contributed by atoms with E-state index in [2.05, 4.69) is 0 Å². The van der Waals surface area contributed by atoms with Crippen LogP contribution in [0, 0.1) is 12.8 Å². The summed E-state index contributed by atoms with van der Waals surface area (Å²) in [5, 5.41) is 9.29. The van der Waals surface area contributed by atoms with E-state index in [0.717, 1.165) is 18.4 Å². The lowest BCUT2D eigenvalue weighted by atomic mass is 9.86. The van der Waals surface area contributed by atoms with Crippen LogP contribution in [-0.4, -0.2) is 30.3 Å². The second-order valence-electron chi connectivity index (χ2n) is 5.73. The molecule has 0 aliphatic heterocycles. The highest BCUT2D eigenvalue weighted by atomic mass is 16.5. The predicted molar refractivity (Wildman–Crippen MR) is 79.7 cm³/mol. The molecule has 1 aliphatic carbocycles. The van der Waals surface area contributed by atoms with Gasteiger partial charge in [0.1, 0.15) is 5.54 Å². The molecule has 2 rings (SSSR count). The number of carboxylic acid groups (broad SMARTS) is 1. The second kappa shape index (κ2) is 6.35. The Balaban J connectivity index is 1.94. The maximum Gasteiger partial charge on any atom is 0.323 e. The number of benzene rings is 1. The number of methoxy groups -OCH3 is 1. The molecule has 5 nitrogen and oxygen atoms in total. The van der Waals surface area contributed by atoms with Crippen molar-refractivity contribution in [1.29, 1.82) is 0 Å². The highest BCUT2D eigenvalue weighted by molar-refractivity contribution is 5.79. The van der Waals surface area contributed by atoms with Crippen LogP contribution in [0.3, 0.4) is 0 Å². The van der Waals surface area contributed by atoms with Gasteiger partial charge in [-0.1, -0.05) is 12.5 Å². The molecule has 1 aromatic carbocycles. The molecule has 1 aromatic rings. The molecule has 2 unspecified atom stereocenters. The van der Waals surface area contributed by atoms with Crippen molar-refractivity contribution >= 4 is 5.97 Å². The van der Waals surface area contributed by atoms with Crippen LogP contribution in [0.25, 0.3) is 0 Å². The Bertz CT molecular complexity index is 517. The summed E-state index contributed by atoms with van der Waals surface area (Å²) in [4.78, 5) is 11.3. The van der Waals surface area contributed by atoms with Gasteiger partial charge in [0.05, 0.1) is 13.7 Å². The molecule has 0 spiro atoms. The van der Waals surface area contributed by atoms with E-state index in [0.29, 0.717) is 30.9 Å². The monoisotopic (exact) mass is 293 g/mol. The van der Waals surface area contributed by atoms with E-state index in [4.69, 9.17) is 15.2 Å². The lowest BCUT2D eigenvalue weighted by Gasteiger charge is -2.26. The fraction of sp³-hybridized carbons (Fsp3) is 0.562. The molecule has 0 heterocycles. The van der Waals surface area contributed by atoms with Crippen molar-refractivity contribution in [2.45, 2.75) is 38.1 Å². The van der Waals surface area contributed by atoms with Gasteiger partial charge in [0.2, 0.25) is 0 Å². The van der Waals surface area contributed by atoms with E-state index in [1.165, 1.54) is 0 Å². The van der Waals surface area contributed by atoms with Gasteiger partial charge in [-0.3, -0.25) is 4.79 Å². The number of hydrogen-bond donors (Lipinski definition) is 2. The van der Waals surface area contributed by atoms with Crippen LogP contribution < -0.4 is 15.2 Å². The zero-order valence-electron chi connectivity index (χ0n) is 12.6. The Morgan fingerprint density at radius 2 is 2.24 bits per heavy atom. The van der Waals surface area contributed by atoms with Crippen LogP contribution >= 0.6 is 0 Å². The van der Waals surface area contributed by atoms with Gasteiger partial charge in [0.15, 0.2) is 11.5 Å². The summed E-state index contributed by atoms with van der Waals surface area (Å²) < 4.78 is 11.0. The molecule has 1 aliphatic rings. The Morgan fingerprint density at radius 3 is 2.90 bits per heavy atom. The fourth-order valence-corrected chi connectivity index (χ4v) is 2.99. The van der Waals surface area contributed by atoms with Crippen LogP contribution in [-0.2, 0) is 4.79 Å². The Morgan fingerprint density at radius 1 is 1.48 bits per heavy atom. The first kappa shape index (κ1) is 15.6. The van der Waals surface area contributed by atoms with Gasteiger partial charge in [-0.05, 0) is 49.8 Å². The lowest BCUT2D eigenvalue weighted by Crippen LogP contribution is -2.51. The first-order valence-electron chi connectivity index (χ1n) is 7.27. The van der Waals surface area contributed by atoms with Crippen molar-refractivity contribution in [1.82, 2.24) is 0 Å². The maximum absolute atomic E-state index is 11.3. The van der Waals surface area contributed by atoms with E-state index in [9.17, 15) is 9.90 Å². The molecule has 3 N–H and O–H groups in total. The third kappa shape index (κ3) is 3.29. The number of aryl methyl sites for hydroxylation is 1. The van der Waals surface area contributed by atoms with Crippen LogP contribution in [0.5, 0.6) is 11.5 Å². The van der Waals surface area contributed by atoms with Crippen molar-refractivity contribution in [3.05, 3.63) is 23.8 Å². The molecule has 0 saturated heterocycles. The van der Waals surface area contributed by atoms with E-state index >= 15 is 0 Å². The number of hydrogen-bond acceptors (Lipinski definition) is 4. The van der Waals surface area contributed by atoms with Crippen LogP contribution in [0.2, 0.25) is 0 Å². The summed E-state index contributed by atoms with van der Waals surface area (Å²) in [6, 6.07) is 5.74. The number of rotatable bonds is 6. The Labute approximate surface area is 125 Å². The second-order valence-corrected chi connectivity index (χ2v) is 5.73. The molecule has 5 heteroatoms. The number of ether oxygens (including phenoxy) is 2. The summed E-state index contributed by atoms with van der Waals surface area (Å²) in [7, 11) is 1.61. The molecule has 116 valence electrons. The molecule has 0 amide bonds. The highest BCUT2D eigenvalue weighted by Crippen LogP contribution is 2.36. The molecule has 2 atom stereocenters. The quantitative estimate of drug-likeness (QED) is 0.841. The minimum atomic E-state index is -1.10. The summed E-state index contributed by atoms with van der Waals surface area (Å²) in [5.74, 6) is 0.432. The molecular weight excluding hydrogens is 270 g/mol. The normalized spacial score (nSPS) is 24.8. The summed E-state index contributed by atoms with van der Waals surface area (Å²) in [6.07, 6.45) is 2.89. The SMILES string of the molecule is COc1cc(C)ccc1OCCC1CCCC1(N)C(=O)O. The number of carbonyl (C=O) groups is 1. The van der Waals surface area contributed by atoms with Crippen LogP contribution in [0.4, 0.5) is 0 Å². The third-order valence-electron chi connectivity index (χ3n) is 4.31. The molecule has 0 radical (unpaired) electrons. The van der Waals surface area contributed by atoms with Crippen molar-refractivity contribution < 1.29 is 19.4 Å². The summed E-state index contributed by atoms with van der Waals surface area (Å²) in [5.41, 5.74) is 6.02. The van der Waals surface area contributed by atoms with Gasteiger partial charge >= 0.3 is 5.97 Å². The molecular formula is C16H23NO4. The minimum Gasteiger partial charge on any atom is -0.493 e. The molecule has 1 saturated carbocycles. The van der Waals surface area contributed by atoms with Gasteiger partial charge in [-0.15, -0.1) is 0 Å². The van der Waals surface area contributed by atoms with E-state index in [1.807, 2.05) is 25.1 Å². The first-order valence-corrected chi connectivity index (χ1v) is 7.27. The summed E-state index contributed by atoms with van der Waals surface area (Å²) >= 11 is 0. The largest absolute Gasteiger partial charge is 0.493 e.